The van der Waals surface area contributed by atoms with E-state index in [0.717, 1.165) is 12.3 Å². The summed E-state index contributed by atoms with van der Waals surface area (Å²) in [5, 5.41) is 1.28. The maximum absolute atomic E-state index is 5.85. The number of rotatable bonds is 5. The van der Waals surface area contributed by atoms with Gasteiger partial charge >= 0.3 is 0 Å². The number of para-hydroxylation sites is 1. The number of thioether (sulfide) groups is 1. The summed E-state index contributed by atoms with van der Waals surface area (Å²) in [6.45, 7) is 1.59. The highest BCUT2D eigenvalue weighted by Gasteiger charge is 2.05. The fraction of sp³-hybridized carbons (Fsp3) is 0.176. The van der Waals surface area contributed by atoms with Crippen LogP contribution in [0.1, 0.15) is 5.56 Å². The first kappa shape index (κ1) is 13.3. The highest BCUT2D eigenvalue weighted by atomic mass is 32.2. The molecule has 2 nitrogen and oxygen atoms in total. The summed E-state index contributed by atoms with van der Waals surface area (Å²) in [6, 6.07) is 19.0. The Kier molecular flexibility index (Phi) is 4.09. The molecule has 0 saturated carbocycles. The maximum atomic E-state index is 5.85. The molecule has 0 aliphatic heterocycles. The van der Waals surface area contributed by atoms with Gasteiger partial charge in [-0.1, -0.05) is 36.4 Å². The van der Waals surface area contributed by atoms with E-state index in [1.165, 1.54) is 21.4 Å². The monoisotopic (exact) mass is 282 g/mol. The lowest BCUT2D eigenvalue weighted by molar-refractivity contribution is 0.802. The summed E-state index contributed by atoms with van der Waals surface area (Å²) in [6.07, 6.45) is 2.16. The van der Waals surface area contributed by atoms with E-state index in [2.05, 4.69) is 65.4 Å². The Balaban J connectivity index is 1.75. The molecule has 0 radical (unpaired) electrons. The first-order chi connectivity index (χ1) is 9.88. The van der Waals surface area contributed by atoms with Crippen molar-refractivity contribution in [3.63, 3.8) is 0 Å². The second-order valence-corrected chi connectivity index (χ2v) is 5.90. The number of benzene rings is 2. The van der Waals surface area contributed by atoms with Gasteiger partial charge in [-0.15, -0.1) is 11.8 Å². The van der Waals surface area contributed by atoms with Crippen LogP contribution in [0, 0.1) is 0 Å². The van der Waals surface area contributed by atoms with Crippen LogP contribution in [-0.4, -0.2) is 10.3 Å². The van der Waals surface area contributed by atoms with E-state index in [1.807, 2.05) is 11.8 Å². The molecule has 0 amide bonds. The molecule has 1 aromatic heterocycles. The van der Waals surface area contributed by atoms with E-state index in [4.69, 9.17) is 5.73 Å². The molecule has 20 heavy (non-hydrogen) atoms. The van der Waals surface area contributed by atoms with Gasteiger partial charge in [0.2, 0.25) is 0 Å². The lowest BCUT2D eigenvalue weighted by Gasteiger charge is -2.08. The summed E-state index contributed by atoms with van der Waals surface area (Å²) < 4.78 is 2.31. The molecule has 0 aliphatic rings. The zero-order chi connectivity index (χ0) is 13.8. The standard InChI is InChI=1S/C17H18N2S/c18-13-15-6-4-5-14-9-10-19(17(14)15)11-12-20-16-7-2-1-3-8-16/h1-10H,11-13,18H2. The molecule has 0 atom stereocenters. The summed E-state index contributed by atoms with van der Waals surface area (Å²) in [7, 11) is 0. The van der Waals surface area contributed by atoms with Gasteiger partial charge in [0.1, 0.15) is 0 Å². The molecule has 3 rings (SSSR count). The number of hydrogen-bond donors (Lipinski definition) is 1. The number of nitrogens with two attached hydrogens (primary N) is 1. The van der Waals surface area contributed by atoms with Crippen LogP contribution < -0.4 is 5.73 Å². The molecule has 0 spiro atoms. The van der Waals surface area contributed by atoms with E-state index >= 15 is 0 Å². The largest absolute Gasteiger partial charge is 0.346 e. The van der Waals surface area contributed by atoms with Gasteiger partial charge in [-0.05, 0) is 29.1 Å². The Hall–Kier alpha value is -1.71. The fourth-order valence-corrected chi connectivity index (χ4v) is 3.34. The number of hydrogen-bond acceptors (Lipinski definition) is 2. The highest BCUT2D eigenvalue weighted by Crippen LogP contribution is 2.22. The minimum absolute atomic E-state index is 0.590. The zero-order valence-corrected chi connectivity index (χ0v) is 12.1. The molecule has 3 heteroatoms. The average Bonchev–Trinajstić information content (AvgIpc) is 2.92. The molecule has 2 N–H and O–H groups in total. The van der Waals surface area contributed by atoms with E-state index in [-0.39, 0.29) is 0 Å². The molecule has 0 aliphatic carbocycles. The third kappa shape index (κ3) is 2.74. The predicted octanol–water partition coefficient (Wildman–Crippen LogP) is 3.89. The van der Waals surface area contributed by atoms with Crippen molar-refractivity contribution in [3.8, 4) is 0 Å². The van der Waals surface area contributed by atoms with Gasteiger partial charge in [0.15, 0.2) is 0 Å². The molecule has 102 valence electrons. The van der Waals surface area contributed by atoms with Crippen molar-refractivity contribution in [1.82, 2.24) is 4.57 Å². The van der Waals surface area contributed by atoms with Crippen LogP contribution in [0.15, 0.2) is 65.7 Å². The molecular weight excluding hydrogens is 264 g/mol. The fourth-order valence-electron chi connectivity index (χ4n) is 2.47. The van der Waals surface area contributed by atoms with Crippen molar-refractivity contribution in [2.24, 2.45) is 5.73 Å². The van der Waals surface area contributed by atoms with Crippen LogP contribution >= 0.6 is 11.8 Å². The Bertz CT molecular complexity index is 689. The highest BCUT2D eigenvalue weighted by molar-refractivity contribution is 7.99. The van der Waals surface area contributed by atoms with Gasteiger partial charge in [0.25, 0.3) is 0 Å². The Morgan fingerprint density at radius 2 is 1.80 bits per heavy atom. The molecular formula is C17H18N2S. The molecule has 0 unspecified atom stereocenters. The van der Waals surface area contributed by atoms with Crippen LogP contribution in [-0.2, 0) is 13.1 Å². The lowest BCUT2D eigenvalue weighted by Crippen LogP contribution is -2.03. The number of fused-ring (bicyclic) bond motifs is 1. The quantitative estimate of drug-likeness (QED) is 0.720. The van der Waals surface area contributed by atoms with Gasteiger partial charge in [-0.3, -0.25) is 0 Å². The Morgan fingerprint density at radius 3 is 2.60 bits per heavy atom. The van der Waals surface area contributed by atoms with E-state index in [1.54, 1.807) is 0 Å². The van der Waals surface area contributed by atoms with Crippen molar-refractivity contribution < 1.29 is 0 Å². The molecule has 0 bridgehead atoms. The third-order valence-corrected chi connectivity index (χ3v) is 4.43. The Morgan fingerprint density at radius 1 is 0.950 bits per heavy atom. The van der Waals surface area contributed by atoms with Gasteiger partial charge in [0, 0.05) is 29.9 Å². The minimum Gasteiger partial charge on any atom is -0.346 e. The first-order valence-corrected chi connectivity index (χ1v) is 7.81. The Labute approximate surface area is 123 Å². The van der Waals surface area contributed by atoms with Gasteiger partial charge in [-0.2, -0.15) is 0 Å². The van der Waals surface area contributed by atoms with Crippen molar-refractivity contribution in [2.45, 2.75) is 18.0 Å². The summed E-state index contributed by atoms with van der Waals surface area (Å²) in [4.78, 5) is 1.32. The second kappa shape index (κ2) is 6.16. The van der Waals surface area contributed by atoms with E-state index < -0.39 is 0 Å². The SMILES string of the molecule is NCc1cccc2ccn(CCSc3ccccc3)c12. The van der Waals surface area contributed by atoms with Crippen LogP contribution in [0.2, 0.25) is 0 Å². The van der Waals surface area contributed by atoms with Gasteiger partial charge in [0.05, 0.1) is 5.52 Å². The van der Waals surface area contributed by atoms with Crippen LogP contribution in [0.5, 0.6) is 0 Å². The molecule has 2 aromatic carbocycles. The summed E-state index contributed by atoms with van der Waals surface area (Å²) in [5.74, 6) is 1.06. The zero-order valence-electron chi connectivity index (χ0n) is 11.3. The predicted molar refractivity (Wildman–Crippen MR) is 87.0 cm³/mol. The topological polar surface area (TPSA) is 30.9 Å². The number of aromatic nitrogens is 1. The third-order valence-electron chi connectivity index (χ3n) is 3.44. The maximum Gasteiger partial charge on any atom is 0.0526 e. The van der Waals surface area contributed by atoms with E-state index in [9.17, 15) is 0 Å². The summed E-state index contributed by atoms with van der Waals surface area (Å²) in [5.41, 5.74) is 8.35. The lowest BCUT2D eigenvalue weighted by atomic mass is 10.1. The van der Waals surface area contributed by atoms with Gasteiger partial charge < -0.3 is 10.3 Å². The number of aryl methyl sites for hydroxylation is 1. The van der Waals surface area contributed by atoms with Crippen molar-refractivity contribution in [1.29, 1.82) is 0 Å². The van der Waals surface area contributed by atoms with Crippen molar-refractivity contribution >= 4 is 22.7 Å². The smallest absolute Gasteiger partial charge is 0.0526 e. The normalized spacial score (nSPS) is 11.1. The second-order valence-electron chi connectivity index (χ2n) is 4.73. The summed E-state index contributed by atoms with van der Waals surface area (Å²) >= 11 is 1.89. The van der Waals surface area contributed by atoms with Crippen LogP contribution in [0.25, 0.3) is 10.9 Å². The molecule has 0 saturated heterocycles. The van der Waals surface area contributed by atoms with Crippen LogP contribution in [0.4, 0.5) is 0 Å². The van der Waals surface area contributed by atoms with E-state index in [0.29, 0.717) is 6.54 Å². The average molecular weight is 282 g/mol. The van der Waals surface area contributed by atoms with Crippen molar-refractivity contribution in [2.75, 3.05) is 5.75 Å². The van der Waals surface area contributed by atoms with Gasteiger partial charge in [-0.25, -0.2) is 0 Å². The first-order valence-electron chi connectivity index (χ1n) is 6.83. The molecule has 1 heterocycles. The van der Waals surface area contributed by atoms with Crippen molar-refractivity contribution in [3.05, 3.63) is 66.4 Å². The molecule has 3 aromatic rings. The molecule has 0 fully saturated rings. The van der Waals surface area contributed by atoms with Crippen LogP contribution in [0.3, 0.4) is 0 Å². The minimum atomic E-state index is 0.590. The number of nitrogens with zero attached hydrogens (tertiary/aromatic N) is 1.